The molecule has 0 saturated carbocycles. The van der Waals surface area contributed by atoms with Crippen LogP contribution in [0.2, 0.25) is 0 Å². The molecule has 0 spiro atoms. The van der Waals surface area contributed by atoms with Crippen LogP contribution in [0.25, 0.3) is 0 Å². The first-order valence-corrected chi connectivity index (χ1v) is 6.42. The second kappa shape index (κ2) is 4.74. The smallest absolute Gasteiger partial charge is 0.267 e. The normalized spacial score (nSPS) is 19.1. The Balaban J connectivity index is 2.41. The van der Waals surface area contributed by atoms with Crippen molar-refractivity contribution in [2.24, 2.45) is 11.1 Å². The predicted octanol–water partition coefficient (Wildman–Crippen LogP) is 1.37. The summed E-state index contributed by atoms with van der Waals surface area (Å²) in [5.41, 5.74) is 12.7. The molecule has 5 nitrogen and oxygen atoms in total. The Bertz CT molecular complexity index is 499. The molecule has 4 N–H and O–H groups in total. The number of amides is 1. The first-order valence-electron chi connectivity index (χ1n) is 6.42. The van der Waals surface area contributed by atoms with Gasteiger partial charge in [0.1, 0.15) is 5.75 Å². The van der Waals surface area contributed by atoms with Crippen LogP contribution in [-0.2, 0) is 4.79 Å². The summed E-state index contributed by atoms with van der Waals surface area (Å²) in [4.78, 5) is 14.0. The van der Waals surface area contributed by atoms with Crippen LogP contribution < -0.4 is 21.1 Å². The van der Waals surface area contributed by atoms with Gasteiger partial charge in [-0.3, -0.25) is 4.79 Å². The van der Waals surface area contributed by atoms with Crippen LogP contribution in [-0.4, -0.2) is 25.1 Å². The minimum atomic E-state index is -0.482. The maximum Gasteiger partial charge on any atom is 0.267 e. The molecule has 19 heavy (non-hydrogen) atoms. The van der Waals surface area contributed by atoms with Gasteiger partial charge in [0.25, 0.3) is 5.91 Å². The summed E-state index contributed by atoms with van der Waals surface area (Å²) in [6, 6.07) is 5.34. The molecule has 0 saturated heterocycles. The first kappa shape index (κ1) is 13.7. The Kier molecular flexibility index (Phi) is 3.41. The van der Waals surface area contributed by atoms with Crippen molar-refractivity contribution in [2.45, 2.75) is 26.9 Å². The molecule has 1 unspecified atom stereocenters. The zero-order valence-electron chi connectivity index (χ0n) is 11.6. The van der Waals surface area contributed by atoms with Gasteiger partial charge in [0, 0.05) is 12.2 Å². The molecule has 1 aliphatic rings. The van der Waals surface area contributed by atoms with E-state index in [4.69, 9.17) is 16.2 Å². The van der Waals surface area contributed by atoms with E-state index in [1.165, 1.54) is 0 Å². The lowest BCUT2D eigenvalue weighted by Crippen LogP contribution is -2.49. The van der Waals surface area contributed by atoms with Gasteiger partial charge in [0.05, 0.1) is 5.69 Å². The van der Waals surface area contributed by atoms with E-state index < -0.39 is 6.10 Å². The maximum atomic E-state index is 12.3. The van der Waals surface area contributed by atoms with Gasteiger partial charge in [0.15, 0.2) is 6.10 Å². The highest BCUT2D eigenvalue weighted by atomic mass is 16.5. The quantitative estimate of drug-likeness (QED) is 0.807. The van der Waals surface area contributed by atoms with E-state index >= 15 is 0 Å². The molecule has 1 heterocycles. The number of nitrogens with two attached hydrogens (primary N) is 2. The molecular weight excluding hydrogens is 242 g/mol. The third-order valence-electron chi connectivity index (χ3n) is 3.33. The fourth-order valence-corrected chi connectivity index (χ4v) is 2.08. The van der Waals surface area contributed by atoms with Crippen LogP contribution >= 0.6 is 0 Å². The van der Waals surface area contributed by atoms with Crippen LogP contribution in [0.5, 0.6) is 5.75 Å². The minimum Gasteiger partial charge on any atom is -0.479 e. The number of carbonyl (C=O) groups excluding carboxylic acids is 1. The molecule has 1 amide bonds. The summed E-state index contributed by atoms with van der Waals surface area (Å²) in [7, 11) is 0. The van der Waals surface area contributed by atoms with E-state index in [0.717, 1.165) is 5.69 Å². The van der Waals surface area contributed by atoms with Crippen LogP contribution in [0.3, 0.4) is 0 Å². The Morgan fingerprint density at radius 1 is 1.42 bits per heavy atom. The van der Waals surface area contributed by atoms with E-state index in [-0.39, 0.29) is 11.3 Å². The average molecular weight is 263 g/mol. The monoisotopic (exact) mass is 263 g/mol. The molecule has 1 aromatic carbocycles. The molecule has 5 heteroatoms. The highest BCUT2D eigenvalue weighted by Gasteiger charge is 2.34. The number of benzene rings is 1. The largest absolute Gasteiger partial charge is 0.479 e. The van der Waals surface area contributed by atoms with Crippen molar-refractivity contribution < 1.29 is 9.53 Å². The van der Waals surface area contributed by atoms with Crippen molar-refractivity contribution in [1.82, 2.24) is 0 Å². The summed E-state index contributed by atoms with van der Waals surface area (Å²) in [6.07, 6.45) is -0.482. The summed E-state index contributed by atoms with van der Waals surface area (Å²) >= 11 is 0. The lowest BCUT2D eigenvalue weighted by atomic mass is 9.92. The molecule has 1 aromatic rings. The van der Waals surface area contributed by atoms with E-state index in [1.807, 2.05) is 13.8 Å². The van der Waals surface area contributed by atoms with Gasteiger partial charge in [-0.2, -0.15) is 0 Å². The highest BCUT2D eigenvalue weighted by molar-refractivity contribution is 6.00. The molecule has 0 aliphatic carbocycles. The summed E-state index contributed by atoms with van der Waals surface area (Å²) in [5.74, 6) is 0.633. The van der Waals surface area contributed by atoms with Gasteiger partial charge in [-0.1, -0.05) is 13.8 Å². The van der Waals surface area contributed by atoms with Gasteiger partial charge < -0.3 is 21.1 Å². The Morgan fingerprint density at radius 2 is 2.11 bits per heavy atom. The second-order valence-electron chi connectivity index (χ2n) is 5.78. The van der Waals surface area contributed by atoms with Crippen molar-refractivity contribution in [3.05, 3.63) is 18.2 Å². The molecule has 0 fully saturated rings. The first-order chi connectivity index (χ1) is 8.84. The lowest BCUT2D eigenvalue weighted by Gasteiger charge is -2.37. The van der Waals surface area contributed by atoms with Crippen molar-refractivity contribution in [3.63, 3.8) is 0 Å². The Hall–Kier alpha value is -1.75. The fourth-order valence-electron chi connectivity index (χ4n) is 2.08. The topological polar surface area (TPSA) is 81.6 Å². The number of nitrogen functional groups attached to an aromatic ring is 1. The number of nitrogens with zero attached hydrogens (tertiary/aromatic N) is 1. The molecule has 0 bridgehead atoms. The SMILES string of the molecule is CC1Oc2ccc(N)cc2N(CC(C)(C)CN)C1=O. The van der Waals surface area contributed by atoms with Gasteiger partial charge >= 0.3 is 0 Å². The van der Waals surface area contributed by atoms with Gasteiger partial charge in [-0.25, -0.2) is 0 Å². The number of carbonyl (C=O) groups is 1. The van der Waals surface area contributed by atoms with Crippen LogP contribution in [0.15, 0.2) is 18.2 Å². The Labute approximate surface area is 113 Å². The summed E-state index contributed by atoms with van der Waals surface area (Å²) < 4.78 is 5.60. The van der Waals surface area contributed by atoms with Crippen molar-refractivity contribution >= 4 is 17.3 Å². The predicted molar refractivity (Wildman–Crippen MR) is 76.1 cm³/mol. The van der Waals surface area contributed by atoms with Crippen molar-refractivity contribution in [1.29, 1.82) is 0 Å². The number of hydrogen-bond donors (Lipinski definition) is 2. The zero-order valence-corrected chi connectivity index (χ0v) is 11.6. The van der Waals surface area contributed by atoms with Crippen molar-refractivity contribution in [3.8, 4) is 5.75 Å². The summed E-state index contributed by atoms with van der Waals surface area (Å²) in [6.45, 7) is 6.87. The van der Waals surface area contributed by atoms with Crippen LogP contribution in [0.4, 0.5) is 11.4 Å². The minimum absolute atomic E-state index is 0.0559. The molecule has 1 aliphatic heterocycles. The lowest BCUT2D eigenvalue weighted by molar-refractivity contribution is -0.125. The van der Waals surface area contributed by atoms with E-state index in [0.29, 0.717) is 24.5 Å². The standard InChI is InChI=1S/C14H21N3O2/c1-9-13(18)17(8-14(2,3)7-15)11-6-10(16)4-5-12(11)19-9/h4-6,9H,7-8,15-16H2,1-3H3. The van der Waals surface area contributed by atoms with Gasteiger partial charge in [-0.15, -0.1) is 0 Å². The van der Waals surface area contributed by atoms with Gasteiger partial charge in [-0.05, 0) is 37.1 Å². The number of fused-ring (bicyclic) bond motifs is 1. The maximum absolute atomic E-state index is 12.3. The van der Waals surface area contributed by atoms with Crippen molar-refractivity contribution in [2.75, 3.05) is 23.7 Å². The third-order valence-corrected chi connectivity index (χ3v) is 3.33. The molecule has 104 valence electrons. The molecule has 2 rings (SSSR count). The number of hydrogen-bond acceptors (Lipinski definition) is 4. The molecular formula is C14H21N3O2. The number of rotatable bonds is 3. The van der Waals surface area contributed by atoms with Gasteiger partial charge in [0.2, 0.25) is 0 Å². The second-order valence-corrected chi connectivity index (χ2v) is 5.78. The molecule has 0 aromatic heterocycles. The third kappa shape index (κ3) is 2.66. The summed E-state index contributed by atoms with van der Waals surface area (Å²) in [5, 5.41) is 0. The number of ether oxygens (including phenoxy) is 1. The highest BCUT2D eigenvalue weighted by Crippen LogP contribution is 2.37. The zero-order chi connectivity index (χ0) is 14.2. The molecule has 1 atom stereocenters. The van der Waals surface area contributed by atoms with E-state index in [2.05, 4.69) is 0 Å². The van der Waals surface area contributed by atoms with E-state index in [1.54, 1.807) is 30.0 Å². The Morgan fingerprint density at radius 3 is 2.74 bits per heavy atom. The van der Waals surface area contributed by atoms with Crippen LogP contribution in [0, 0.1) is 5.41 Å². The average Bonchev–Trinajstić information content (AvgIpc) is 2.36. The number of anilines is 2. The fraction of sp³-hybridized carbons (Fsp3) is 0.500. The molecule has 0 radical (unpaired) electrons. The van der Waals surface area contributed by atoms with Crippen LogP contribution in [0.1, 0.15) is 20.8 Å². The van der Waals surface area contributed by atoms with E-state index in [9.17, 15) is 4.79 Å².